The molecule has 3 rings (SSSR count). The zero-order chi connectivity index (χ0) is 18.2. The lowest BCUT2D eigenvalue weighted by atomic mass is 10.1. The summed E-state index contributed by atoms with van der Waals surface area (Å²) >= 11 is 0. The van der Waals surface area contributed by atoms with Crippen LogP contribution in [0.25, 0.3) is 0 Å². The van der Waals surface area contributed by atoms with E-state index < -0.39 is 10.0 Å². The van der Waals surface area contributed by atoms with Gasteiger partial charge in [0.25, 0.3) is 5.91 Å². The monoisotopic (exact) mass is 366 g/mol. The van der Waals surface area contributed by atoms with Crippen molar-refractivity contribution in [2.75, 3.05) is 36.8 Å². The fourth-order valence-corrected chi connectivity index (χ4v) is 4.33. The number of carbonyl (C=O) groups is 2. The Morgan fingerprint density at radius 1 is 1.36 bits per heavy atom. The van der Waals surface area contributed by atoms with E-state index in [0.717, 1.165) is 11.3 Å². The summed E-state index contributed by atoms with van der Waals surface area (Å²) in [7, 11) is -3.54. The zero-order valence-electron chi connectivity index (χ0n) is 14.1. The average molecular weight is 366 g/mol. The maximum atomic E-state index is 12.7. The highest BCUT2D eigenvalue weighted by atomic mass is 32.2. The lowest BCUT2D eigenvalue weighted by molar-refractivity contribution is 0.0788. The Labute approximate surface area is 147 Å². The van der Waals surface area contributed by atoms with Crippen molar-refractivity contribution in [1.29, 1.82) is 0 Å². The van der Waals surface area contributed by atoms with Gasteiger partial charge in [-0.15, -0.1) is 0 Å². The normalized spacial score (nSPS) is 20.9. The van der Waals surface area contributed by atoms with E-state index in [1.54, 1.807) is 21.9 Å². The van der Waals surface area contributed by atoms with Gasteiger partial charge in [-0.25, -0.2) is 18.4 Å². The summed E-state index contributed by atoms with van der Waals surface area (Å²) in [6, 6.07) is 5.13. The topological polar surface area (TPSA) is 113 Å². The number of amides is 3. The molecule has 0 unspecified atom stereocenters. The second-order valence-electron chi connectivity index (χ2n) is 6.62. The number of likely N-dealkylation sites (tertiary alicyclic amines) is 1. The first-order valence-corrected chi connectivity index (χ1v) is 9.92. The molecule has 0 radical (unpaired) electrons. The predicted molar refractivity (Wildman–Crippen MR) is 93.9 cm³/mol. The van der Waals surface area contributed by atoms with Crippen LogP contribution in [0, 0.1) is 12.8 Å². The highest BCUT2D eigenvalue weighted by molar-refractivity contribution is 7.89. The van der Waals surface area contributed by atoms with E-state index in [-0.39, 0.29) is 23.6 Å². The van der Waals surface area contributed by atoms with Gasteiger partial charge in [0.05, 0.1) is 5.75 Å². The fourth-order valence-electron chi connectivity index (χ4n) is 3.40. The second-order valence-corrected chi connectivity index (χ2v) is 8.28. The number of nitrogens with one attached hydrogen (secondary N) is 1. The molecule has 3 N–H and O–H groups in total. The molecule has 2 fully saturated rings. The van der Waals surface area contributed by atoms with E-state index in [4.69, 9.17) is 5.14 Å². The summed E-state index contributed by atoms with van der Waals surface area (Å²) in [5.41, 5.74) is 2.14. The van der Waals surface area contributed by atoms with Crippen LogP contribution in [0.2, 0.25) is 0 Å². The van der Waals surface area contributed by atoms with E-state index in [1.165, 1.54) is 0 Å². The Kier molecular flexibility index (Phi) is 4.70. The van der Waals surface area contributed by atoms with Crippen LogP contribution in [-0.2, 0) is 10.0 Å². The van der Waals surface area contributed by atoms with Crippen molar-refractivity contribution >= 4 is 27.6 Å². The minimum Gasteiger partial charge on any atom is -0.338 e. The van der Waals surface area contributed by atoms with Gasteiger partial charge in [0.15, 0.2) is 0 Å². The summed E-state index contributed by atoms with van der Waals surface area (Å²) in [4.78, 5) is 27.9. The van der Waals surface area contributed by atoms with Gasteiger partial charge in [-0.1, -0.05) is 6.07 Å². The molecule has 136 valence electrons. The van der Waals surface area contributed by atoms with Crippen molar-refractivity contribution in [3.63, 3.8) is 0 Å². The number of primary sulfonamides is 1. The largest absolute Gasteiger partial charge is 0.338 e. The lowest BCUT2D eigenvalue weighted by Gasteiger charge is -2.20. The molecule has 25 heavy (non-hydrogen) atoms. The van der Waals surface area contributed by atoms with E-state index in [9.17, 15) is 18.0 Å². The molecular formula is C16H22N4O4S. The van der Waals surface area contributed by atoms with Crippen molar-refractivity contribution in [3.05, 3.63) is 29.3 Å². The van der Waals surface area contributed by atoms with Crippen LogP contribution in [0.15, 0.2) is 18.2 Å². The number of aryl methyl sites for hydroxylation is 1. The van der Waals surface area contributed by atoms with Crippen molar-refractivity contribution in [2.45, 2.75) is 13.3 Å². The Morgan fingerprint density at radius 2 is 2.12 bits per heavy atom. The molecule has 8 nitrogen and oxygen atoms in total. The number of hydrogen-bond acceptors (Lipinski definition) is 4. The van der Waals surface area contributed by atoms with Gasteiger partial charge in [0.1, 0.15) is 0 Å². The highest BCUT2D eigenvalue weighted by Gasteiger charge is 2.30. The van der Waals surface area contributed by atoms with Crippen molar-refractivity contribution in [1.82, 2.24) is 10.2 Å². The van der Waals surface area contributed by atoms with Gasteiger partial charge in [0.2, 0.25) is 10.0 Å². The van der Waals surface area contributed by atoms with E-state index in [0.29, 0.717) is 38.2 Å². The zero-order valence-corrected chi connectivity index (χ0v) is 14.9. The van der Waals surface area contributed by atoms with Crippen molar-refractivity contribution < 1.29 is 18.0 Å². The molecule has 2 aliphatic rings. The van der Waals surface area contributed by atoms with Crippen LogP contribution in [-0.4, -0.2) is 57.2 Å². The number of benzene rings is 1. The molecule has 2 aliphatic heterocycles. The predicted octanol–water partition coefficient (Wildman–Crippen LogP) is 0.275. The molecule has 0 spiro atoms. The number of anilines is 1. The summed E-state index contributed by atoms with van der Waals surface area (Å²) < 4.78 is 22.4. The maximum absolute atomic E-state index is 12.7. The first-order valence-electron chi connectivity index (χ1n) is 8.20. The molecule has 0 aliphatic carbocycles. The van der Waals surface area contributed by atoms with Crippen LogP contribution in [0.4, 0.5) is 10.5 Å². The van der Waals surface area contributed by atoms with Gasteiger partial charge in [-0.3, -0.25) is 9.69 Å². The first kappa shape index (κ1) is 17.7. The highest BCUT2D eigenvalue weighted by Crippen LogP contribution is 2.26. The minimum absolute atomic E-state index is 0.107. The Morgan fingerprint density at radius 3 is 2.76 bits per heavy atom. The number of nitrogens with two attached hydrogens (primary N) is 1. The van der Waals surface area contributed by atoms with Gasteiger partial charge in [-0.2, -0.15) is 0 Å². The van der Waals surface area contributed by atoms with Crippen LogP contribution < -0.4 is 15.4 Å². The maximum Gasteiger partial charge on any atom is 0.322 e. The Hall–Kier alpha value is -2.13. The third-order valence-corrected chi connectivity index (χ3v) is 5.58. The van der Waals surface area contributed by atoms with Crippen molar-refractivity contribution in [2.24, 2.45) is 11.1 Å². The smallest absolute Gasteiger partial charge is 0.322 e. The van der Waals surface area contributed by atoms with Crippen LogP contribution in [0.5, 0.6) is 0 Å². The Bertz CT molecular complexity index is 808. The van der Waals surface area contributed by atoms with E-state index in [2.05, 4.69) is 5.32 Å². The minimum atomic E-state index is -3.54. The van der Waals surface area contributed by atoms with Gasteiger partial charge >= 0.3 is 6.03 Å². The molecule has 3 amide bonds. The third-order valence-electron chi connectivity index (χ3n) is 4.64. The second kappa shape index (κ2) is 6.64. The standard InChI is InChI=1S/C16H22N4O4S/c1-11-2-3-13(8-14(11)20-7-5-18-16(20)22)15(21)19-6-4-12(9-19)10-25(17,23)24/h2-3,8,12H,4-7,9-10H2,1H3,(H,18,22)(H2,17,23,24)/t12-/m0/s1. The molecular weight excluding hydrogens is 344 g/mol. The fraction of sp³-hybridized carbons (Fsp3) is 0.500. The molecule has 1 aromatic rings. The SMILES string of the molecule is Cc1ccc(C(=O)N2CC[C@H](CS(N)(=O)=O)C2)cc1N1CCNC1=O. The summed E-state index contributed by atoms with van der Waals surface area (Å²) in [5.74, 6) is -0.393. The molecule has 9 heteroatoms. The van der Waals surface area contributed by atoms with E-state index in [1.807, 2.05) is 13.0 Å². The van der Waals surface area contributed by atoms with Gasteiger partial charge in [-0.05, 0) is 37.0 Å². The number of rotatable bonds is 4. The number of carbonyl (C=O) groups excluding carboxylic acids is 2. The Balaban J connectivity index is 1.76. The number of nitrogens with zero attached hydrogens (tertiary/aromatic N) is 2. The van der Waals surface area contributed by atoms with Crippen molar-refractivity contribution in [3.8, 4) is 0 Å². The molecule has 0 aromatic heterocycles. The molecule has 1 atom stereocenters. The van der Waals surface area contributed by atoms with Crippen LogP contribution >= 0.6 is 0 Å². The summed E-state index contributed by atoms with van der Waals surface area (Å²) in [6.45, 7) is 3.93. The summed E-state index contributed by atoms with van der Waals surface area (Å²) in [6.07, 6.45) is 0.620. The first-order chi connectivity index (χ1) is 11.7. The van der Waals surface area contributed by atoms with E-state index >= 15 is 0 Å². The number of sulfonamides is 1. The third kappa shape index (κ3) is 3.93. The van der Waals surface area contributed by atoms with Crippen LogP contribution in [0.1, 0.15) is 22.3 Å². The molecule has 1 aromatic carbocycles. The quantitative estimate of drug-likeness (QED) is 0.796. The molecule has 0 bridgehead atoms. The van der Waals surface area contributed by atoms with Gasteiger partial charge in [0, 0.05) is 37.4 Å². The lowest BCUT2D eigenvalue weighted by Crippen LogP contribution is -2.31. The van der Waals surface area contributed by atoms with Crippen LogP contribution in [0.3, 0.4) is 0 Å². The molecule has 2 heterocycles. The number of urea groups is 1. The summed E-state index contributed by atoms with van der Waals surface area (Å²) in [5, 5.41) is 7.84. The number of hydrogen-bond donors (Lipinski definition) is 2. The molecule has 2 saturated heterocycles. The average Bonchev–Trinajstić information content (AvgIpc) is 3.14. The molecule has 0 saturated carbocycles. The van der Waals surface area contributed by atoms with Gasteiger partial charge < -0.3 is 10.2 Å².